The van der Waals surface area contributed by atoms with Gasteiger partial charge in [0.1, 0.15) is 0 Å². The molecule has 0 heterocycles. The molecule has 0 aliphatic heterocycles. The monoisotopic (exact) mass is 500 g/mol. The molecule has 0 aliphatic carbocycles. The zero-order valence-electron chi connectivity index (χ0n) is 10.4. The second-order valence-corrected chi connectivity index (χ2v) is 3.12. The van der Waals surface area contributed by atoms with E-state index >= 15 is 0 Å². The number of hydrogen-bond acceptors (Lipinski definition) is 0. The average Bonchev–Trinajstić information content (AvgIpc) is 2.92. The first kappa shape index (κ1) is 32.9. The molecule has 3 rings (SSSR count). The fourth-order valence-corrected chi connectivity index (χ4v) is 1.39. The van der Waals surface area contributed by atoms with Crippen LogP contribution in [0, 0.1) is 0 Å². The van der Waals surface area contributed by atoms with Crippen molar-refractivity contribution in [2.24, 2.45) is 0 Å². The Balaban J connectivity index is -0.0000000621. The third-order valence-corrected chi connectivity index (χ3v) is 2.10. The summed E-state index contributed by atoms with van der Waals surface area (Å²) in [5, 5.41) is 2.66. The van der Waals surface area contributed by atoms with Gasteiger partial charge >= 0.3 is 52.4 Å². The van der Waals surface area contributed by atoms with Crippen molar-refractivity contribution in [3.05, 3.63) is 72.8 Å². The van der Waals surface area contributed by atoms with E-state index in [2.05, 4.69) is 42.5 Å². The first-order chi connectivity index (χ1) is 6.97. The molecule has 20 heavy (non-hydrogen) atoms. The van der Waals surface area contributed by atoms with Gasteiger partial charge in [-0.2, -0.15) is 35.7 Å². The van der Waals surface area contributed by atoms with Crippen molar-refractivity contribution in [1.82, 2.24) is 0 Å². The van der Waals surface area contributed by atoms with Crippen molar-refractivity contribution >= 4 is 10.8 Å². The molecule has 0 saturated carbocycles. The predicted octanol–water partition coefficient (Wildman–Crippen LogP) is -8.02. The van der Waals surface area contributed by atoms with Crippen LogP contribution < -0.4 is 49.6 Å². The first-order valence-electron chi connectivity index (χ1n) is 4.74. The fraction of sp³-hybridized carbons (Fsp3) is 0. The summed E-state index contributed by atoms with van der Waals surface area (Å²) in [7, 11) is 0. The average molecular weight is 505 g/mol. The zero-order valence-corrected chi connectivity index (χ0v) is 18.4. The quantitative estimate of drug-likeness (QED) is 0.267. The van der Waals surface area contributed by atoms with Gasteiger partial charge in [-0.15, -0.1) is 29.7 Å². The molecule has 0 unspecified atom stereocenters. The molecule has 0 fully saturated rings. The SMILES string of the molecule is [Cl-].[Cl-].[Cl-].[Cl-].[Zr+4].[Zr+4].c1cc[cH-]c1.c1ccc2[cH-]ccc2c1. The van der Waals surface area contributed by atoms with Gasteiger partial charge in [-0.05, 0) is 0 Å². The summed E-state index contributed by atoms with van der Waals surface area (Å²) in [4.78, 5) is 0. The van der Waals surface area contributed by atoms with Crippen LogP contribution in [-0.4, -0.2) is 0 Å². The maximum atomic E-state index is 2.12. The Morgan fingerprint density at radius 3 is 1.60 bits per heavy atom. The number of benzene rings is 1. The summed E-state index contributed by atoms with van der Waals surface area (Å²) in [6, 6.07) is 24.7. The normalized spacial score (nSPS) is 6.60. The number of rotatable bonds is 0. The van der Waals surface area contributed by atoms with E-state index in [9.17, 15) is 0 Å². The molecule has 0 aromatic heterocycles. The van der Waals surface area contributed by atoms with Crippen LogP contribution in [0.4, 0.5) is 0 Å². The van der Waals surface area contributed by atoms with Crippen LogP contribution in [0.1, 0.15) is 0 Å². The molecule has 3 aromatic rings. The molecule has 0 nitrogen and oxygen atoms in total. The molecule has 6 heteroatoms. The minimum Gasteiger partial charge on any atom is -1.00 e. The summed E-state index contributed by atoms with van der Waals surface area (Å²) in [5.74, 6) is 0. The molecule has 0 atom stereocenters. The Bertz CT molecular complexity index is 433. The van der Waals surface area contributed by atoms with Gasteiger partial charge in [0.25, 0.3) is 0 Å². The molecule has 102 valence electrons. The van der Waals surface area contributed by atoms with E-state index in [1.807, 2.05) is 30.3 Å². The van der Waals surface area contributed by atoms with Gasteiger partial charge in [0.2, 0.25) is 0 Å². The third-order valence-electron chi connectivity index (χ3n) is 2.10. The van der Waals surface area contributed by atoms with Gasteiger partial charge in [0.05, 0.1) is 0 Å². The molecule has 3 aromatic carbocycles. The Hall–Kier alpha value is 1.11. The molecule has 0 bridgehead atoms. The summed E-state index contributed by atoms with van der Waals surface area (Å²) >= 11 is 0. The Morgan fingerprint density at radius 2 is 1.15 bits per heavy atom. The van der Waals surface area contributed by atoms with Crippen LogP contribution in [0.5, 0.6) is 0 Å². The van der Waals surface area contributed by atoms with Gasteiger partial charge in [-0.25, -0.2) is 12.1 Å². The van der Waals surface area contributed by atoms with Gasteiger partial charge in [-0.1, -0.05) is 6.07 Å². The largest absolute Gasteiger partial charge is 4.00 e. The molecule has 0 amide bonds. The number of halogens is 4. The zero-order chi connectivity index (χ0) is 9.64. The van der Waals surface area contributed by atoms with E-state index in [4.69, 9.17) is 0 Å². The minimum atomic E-state index is 0. The Labute approximate surface area is 183 Å². The van der Waals surface area contributed by atoms with Crippen molar-refractivity contribution < 1.29 is 102 Å². The van der Waals surface area contributed by atoms with E-state index < -0.39 is 0 Å². The van der Waals surface area contributed by atoms with Crippen LogP contribution in [0.2, 0.25) is 0 Å². The summed E-state index contributed by atoms with van der Waals surface area (Å²) in [6.45, 7) is 0. The molecule has 0 radical (unpaired) electrons. The summed E-state index contributed by atoms with van der Waals surface area (Å²) < 4.78 is 0. The molecule has 0 saturated heterocycles. The van der Waals surface area contributed by atoms with Crippen LogP contribution in [-0.2, 0) is 52.4 Å². The molecular weight excluding hydrogens is 492 g/mol. The summed E-state index contributed by atoms with van der Waals surface area (Å²) in [5.41, 5.74) is 0. The molecule has 0 spiro atoms. The third kappa shape index (κ3) is 11.7. The van der Waals surface area contributed by atoms with Crippen LogP contribution in [0.25, 0.3) is 10.8 Å². The van der Waals surface area contributed by atoms with E-state index in [1.54, 1.807) is 0 Å². The second-order valence-electron chi connectivity index (χ2n) is 3.12. The van der Waals surface area contributed by atoms with Crippen LogP contribution in [0.15, 0.2) is 72.8 Å². The maximum Gasteiger partial charge on any atom is 4.00 e. The van der Waals surface area contributed by atoms with Crippen molar-refractivity contribution in [3.63, 3.8) is 0 Å². The Kier molecular flexibility index (Phi) is 33.1. The first-order valence-corrected chi connectivity index (χ1v) is 4.74. The van der Waals surface area contributed by atoms with Crippen LogP contribution in [0.3, 0.4) is 0 Å². The minimum absolute atomic E-state index is 0. The van der Waals surface area contributed by atoms with Crippen molar-refractivity contribution in [3.8, 4) is 0 Å². The van der Waals surface area contributed by atoms with E-state index in [-0.39, 0.29) is 102 Å². The van der Waals surface area contributed by atoms with Gasteiger partial charge in [0.15, 0.2) is 0 Å². The van der Waals surface area contributed by atoms with Crippen molar-refractivity contribution in [2.45, 2.75) is 0 Å². The van der Waals surface area contributed by atoms with Crippen molar-refractivity contribution in [2.75, 3.05) is 0 Å². The van der Waals surface area contributed by atoms with Crippen molar-refractivity contribution in [1.29, 1.82) is 0 Å². The Morgan fingerprint density at radius 1 is 0.600 bits per heavy atom. The maximum absolute atomic E-state index is 2.12. The fourth-order valence-electron chi connectivity index (χ4n) is 1.39. The standard InChI is InChI=1S/C9H7.C5H5.4ClH.2Zr/c1-2-5-9-7-3-6-8(9)4-1;1-2-4-5-3-1;;;;;;/h1-7H;1-5H;4*1H;;/q2*-1;;;;;2*+4/p-4. The predicted molar refractivity (Wildman–Crippen MR) is 61.6 cm³/mol. The van der Waals surface area contributed by atoms with E-state index in [1.165, 1.54) is 10.8 Å². The topological polar surface area (TPSA) is 0 Å². The van der Waals surface area contributed by atoms with E-state index in [0.717, 1.165) is 0 Å². The number of hydrogen-bond donors (Lipinski definition) is 0. The van der Waals surface area contributed by atoms with Gasteiger partial charge in [0, 0.05) is 0 Å². The second kappa shape index (κ2) is 20.1. The number of fused-ring (bicyclic) bond motifs is 1. The van der Waals surface area contributed by atoms with E-state index in [0.29, 0.717) is 0 Å². The molecule has 0 aliphatic rings. The molecular formula is C14H12Cl4Zr2+2. The van der Waals surface area contributed by atoms with Gasteiger partial charge in [-0.3, -0.25) is 0 Å². The van der Waals surface area contributed by atoms with Gasteiger partial charge < -0.3 is 49.6 Å². The van der Waals surface area contributed by atoms with Crippen LogP contribution >= 0.6 is 0 Å². The molecule has 0 N–H and O–H groups in total. The smallest absolute Gasteiger partial charge is 1.00 e. The summed E-state index contributed by atoms with van der Waals surface area (Å²) in [6.07, 6.45) is 0.